The fraction of sp³-hybridized carbons (Fsp3) is 0.294. The number of hydrogen-bond acceptors (Lipinski definition) is 1. The number of nitrogens with one attached hydrogen (secondary N) is 1. The van der Waals surface area contributed by atoms with Crippen molar-refractivity contribution < 1.29 is 4.39 Å². The number of benzene rings is 2. The van der Waals surface area contributed by atoms with Gasteiger partial charge in [0.1, 0.15) is 5.82 Å². The maximum atomic E-state index is 13.4. The summed E-state index contributed by atoms with van der Waals surface area (Å²) in [6.45, 7) is 4.90. The van der Waals surface area contributed by atoms with Crippen LogP contribution >= 0.6 is 27.5 Å². The van der Waals surface area contributed by atoms with Crippen molar-refractivity contribution in [3.8, 4) is 0 Å². The van der Waals surface area contributed by atoms with Crippen LogP contribution in [0.2, 0.25) is 5.02 Å². The van der Waals surface area contributed by atoms with Gasteiger partial charge in [-0.2, -0.15) is 0 Å². The highest BCUT2D eigenvalue weighted by Gasteiger charge is 2.19. The van der Waals surface area contributed by atoms with Crippen LogP contribution in [0.25, 0.3) is 0 Å². The van der Waals surface area contributed by atoms with E-state index in [1.807, 2.05) is 31.2 Å². The van der Waals surface area contributed by atoms with Gasteiger partial charge in [-0.3, -0.25) is 0 Å². The Balaban J connectivity index is 2.49. The molecular formula is C17H18BrClFN. The van der Waals surface area contributed by atoms with E-state index in [0.29, 0.717) is 5.02 Å². The lowest BCUT2D eigenvalue weighted by Crippen LogP contribution is -2.24. The van der Waals surface area contributed by atoms with E-state index in [1.54, 1.807) is 6.07 Å². The van der Waals surface area contributed by atoms with Crippen LogP contribution in [0.15, 0.2) is 40.9 Å². The molecule has 2 rings (SSSR count). The summed E-state index contributed by atoms with van der Waals surface area (Å²) in [6.07, 6.45) is 1.02. The molecule has 0 spiro atoms. The van der Waals surface area contributed by atoms with Gasteiger partial charge in [-0.25, -0.2) is 4.39 Å². The third-order valence-electron chi connectivity index (χ3n) is 3.43. The molecule has 1 nitrogen and oxygen atoms in total. The van der Waals surface area contributed by atoms with Gasteiger partial charge in [0.05, 0.1) is 11.1 Å². The minimum atomic E-state index is -0.217. The van der Waals surface area contributed by atoms with Crippen molar-refractivity contribution in [3.05, 3.63) is 68.4 Å². The molecule has 4 heteroatoms. The van der Waals surface area contributed by atoms with Crippen molar-refractivity contribution in [3.63, 3.8) is 0 Å². The summed E-state index contributed by atoms with van der Waals surface area (Å²) in [7, 11) is 0. The average molecular weight is 371 g/mol. The lowest BCUT2D eigenvalue weighted by atomic mass is 9.94. The van der Waals surface area contributed by atoms with Crippen molar-refractivity contribution >= 4 is 27.5 Å². The fourth-order valence-electron chi connectivity index (χ4n) is 2.38. The van der Waals surface area contributed by atoms with E-state index >= 15 is 0 Å². The van der Waals surface area contributed by atoms with E-state index in [9.17, 15) is 4.39 Å². The molecule has 2 aromatic carbocycles. The van der Waals surface area contributed by atoms with Crippen LogP contribution in [0.4, 0.5) is 4.39 Å². The highest BCUT2D eigenvalue weighted by molar-refractivity contribution is 9.10. The van der Waals surface area contributed by atoms with E-state index in [2.05, 4.69) is 28.2 Å². The van der Waals surface area contributed by atoms with Crippen molar-refractivity contribution in [1.82, 2.24) is 5.32 Å². The maximum absolute atomic E-state index is 13.4. The highest BCUT2D eigenvalue weighted by atomic mass is 79.9. The molecule has 0 aliphatic rings. The first-order valence-corrected chi connectivity index (χ1v) is 8.15. The summed E-state index contributed by atoms with van der Waals surface area (Å²) < 4.78 is 14.2. The Labute approximate surface area is 138 Å². The SMILES string of the molecule is CCCNC(c1ccc(F)cc1C)c1cccc(Br)c1Cl. The molecule has 1 N–H and O–H groups in total. The van der Waals surface area contributed by atoms with Crippen molar-refractivity contribution in [2.45, 2.75) is 26.3 Å². The second-order valence-electron chi connectivity index (χ2n) is 5.03. The van der Waals surface area contributed by atoms with Gasteiger partial charge in [0.15, 0.2) is 0 Å². The zero-order chi connectivity index (χ0) is 15.4. The second kappa shape index (κ2) is 7.39. The summed E-state index contributed by atoms with van der Waals surface area (Å²) in [4.78, 5) is 0. The van der Waals surface area contributed by atoms with Gasteiger partial charge in [-0.15, -0.1) is 0 Å². The Morgan fingerprint density at radius 3 is 2.67 bits per heavy atom. The van der Waals surface area contributed by atoms with Crippen LogP contribution in [0, 0.1) is 12.7 Å². The van der Waals surface area contributed by atoms with Crippen LogP contribution in [-0.4, -0.2) is 6.54 Å². The van der Waals surface area contributed by atoms with Gasteiger partial charge < -0.3 is 5.32 Å². The molecule has 112 valence electrons. The fourth-order valence-corrected chi connectivity index (χ4v) is 3.00. The summed E-state index contributed by atoms with van der Waals surface area (Å²) in [5.41, 5.74) is 2.96. The van der Waals surface area contributed by atoms with Crippen LogP contribution in [0.5, 0.6) is 0 Å². The van der Waals surface area contributed by atoms with Crippen LogP contribution in [0.3, 0.4) is 0 Å². The maximum Gasteiger partial charge on any atom is 0.123 e. The van der Waals surface area contributed by atoms with Gasteiger partial charge in [0, 0.05) is 4.47 Å². The molecule has 0 aliphatic heterocycles. The quantitative estimate of drug-likeness (QED) is 0.718. The Morgan fingerprint density at radius 1 is 1.24 bits per heavy atom. The Bertz CT molecular complexity index is 630. The molecule has 0 aliphatic carbocycles. The standard InChI is InChI=1S/C17H18BrClFN/c1-3-9-21-17(13-8-7-12(20)10-11(13)2)14-5-4-6-15(18)16(14)19/h4-8,10,17,21H,3,9H2,1-2H3. The monoisotopic (exact) mass is 369 g/mol. The molecular weight excluding hydrogens is 353 g/mol. The third-order valence-corrected chi connectivity index (χ3v) is 4.74. The molecule has 0 radical (unpaired) electrons. The van der Waals surface area contributed by atoms with Crippen molar-refractivity contribution in [1.29, 1.82) is 0 Å². The number of hydrogen-bond donors (Lipinski definition) is 1. The van der Waals surface area contributed by atoms with Gasteiger partial charge in [-0.05, 0) is 70.7 Å². The van der Waals surface area contributed by atoms with E-state index in [1.165, 1.54) is 6.07 Å². The van der Waals surface area contributed by atoms with Crippen molar-refractivity contribution in [2.75, 3.05) is 6.54 Å². The molecule has 0 aromatic heterocycles. The summed E-state index contributed by atoms with van der Waals surface area (Å²) in [5, 5.41) is 4.19. The predicted octanol–water partition coefficient (Wildman–Crippen LogP) is 5.64. The number of rotatable bonds is 5. The first-order valence-electron chi connectivity index (χ1n) is 6.98. The molecule has 0 heterocycles. The van der Waals surface area contributed by atoms with Gasteiger partial charge in [0.25, 0.3) is 0 Å². The van der Waals surface area contributed by atoms with E-state index in [-0.39, 0.29) is 11.9 Å². The molecule has 0 bridgehead atoms. The topological polar surface area (TPSA) is 12.0 Å². The van der Waals surface area contributed by atoms with E-state index in [0.717, 1.165) is 34.1 Å². The average Bonchev–Trinajstić information content (AvgIpc) is 2.45. The normalized spacial score (nSPS) is 12.4. The van der Waals surface area contributed by atoms with Crippen LogP contribution < -0.4 is 5.32 Å². The smallest absolute Gasteiger partial charge is 0.123 e. The van der Waals surface area contributed by atoms with Gasteiger partial charge in [-0.1, -0.05) is 36.7 Å². The Kier molecular flexibility index (Phi) is 5.80. The van der Waals surface area contributed by atoms with E-state index < -0.39 is 0 Å². The number of aryl methyl sites for hydroxylation is 1. The highest BCUT2D eigenvalue weighted by Crippen LogP contribution is 2.34. The predicted molar refractivity (Wildman–Crippen MR) is 90.4 cm³/mol. The molecule has 0 saturated carbocycles. The first-order chi connectivity index (χ1) is 10.0. The third kappa shape index (κ3) is 3.85. The zero-order valence-electron chi connectivity index (χ0n) is 12.1. The molecule has 2 aromatic rings. The molecule has 0 amide bonds. The Morgan fingerprint density at radius 2 is 2.00 bits per heavy atom. The summed E-state index contributed by atoms with van der Waals surface area (Å²) in [5.74, 6) is -0.217. The minimum Gasteiger partial charge on any atom is -0.306 e. The first kappa shape index (κ1) is 16.5. The minimum absolute atomic E-state index is 0.0458. The lowest BCUT2D eigenvalue weighted by Gasteiger charge is -2.23. The largest absolute Gasteiger partial charge is 0.306 e. The molecule has 0 fully saturated rings. The van der Waals surface area contributed by atoms with Crippen LogP contribution in [0.1, 0.15) is 36.1 Å². The van der Waals surface area contributed by atoms with Crippen LogP contribution in [-0.2, 0) is 0 Å². The molecule has 0 saturated heterocycles. The van der Waals surface area contributed by atoms with E-state index in [4.69, 9.17) is 11.6 Å². The second-order valence-corrected chi connectivity index (χ2v) is 6.26. The molecule has 21 heavy (non-hydrogen) atoms. The molecule has 1 unspecified atom stereocenters. The summed E-state index contributed by atoms with van der Waals surface area (Å²) >= 11 is 9.90. The van der Waals surface area contributed by atoms with Crippen molar-refractivity contribution in [2.24, 2.45) is 0 Å². The van der Waals surface area contributed by atoms with Gasteiger partial charge >= 0.3 is 0 Å². The summed E-state index contributed by atoms with van der Waals surface area (Å²) in [6, 6.07) is 10.7. The molecule has 1 atom stereocenters. The van der Waals surface area contributed by atoms with Gasteiger partial charge in [0.2, 0.25) is 0 Å². The number of halogens is 3. The lowest BCUT2D eigenvalue weighted by molar-refractivity contribution is 0.590. The zero-order valence-corrected chi connectivity index (χ0v) is 14.4. The Hall–Kier alpha value is -0.900.